The van der Waals surface area contributed by atoms with Gasteiger partial charge in [0.15, 0.2) is 0 Å². The van der Waals surface area contributed by atoms with Crippen molar-refractivity contribution in [1.82, 2.24) is 4.98 Å². The molecule has 2 aromatic rings. The summed E-state index contributed by atoms with van der Waals surface area (Å²) in [5.41, 5.74) is 7.24. The number of aromatic nitrogens is 1. The highest BCUT2D eigenvalue weighted by Gasteiger charge is 2.06. The van der Waals surface area contributed by atoms with Gasteiger partial charge in [-0.15, -0.1) is 0 Å². The van der Waals surface area contributed by atoms with Crippen molar-refractivity contribution in [3.63, 3.8) is 0 Å². The third-order valence-electron chi connectivity index (χ3n) is 2.45. The van der Waals surface area contributed by atoms with Gasteiger partial charge in [0.1, 0.15) is 0 Å². The van der Waals surface area contributed by atoms with E-state index in [1.807, 2.05) is 18.2 Å². The van der Waals surface area contributed by atoms with E-state index < -0.39 is 0 Å². The minimum Gasteiger partial charge on any atom is -0.330 e. The predicted octanol–water partition coefficient (Wildman–Crippen LogP) is 3.43. The molecule has 1 heterocycles. The number of hydrogen-bond donors (Lipinski definition) is 1. The quantitative estimate of drug-likeness (QED) is 0.912. The van der Waals surface area contributed by atoms with Crippen LogP contribution in [0.15, 0.2) is 24.3 Å². The Morgan fingerprint density at radius 2 is 1.88 bits per heavy atom. The lowest BCUT2D eigenvalue weighted by Gasteiger charge is -2.04. The molecule has 0 unspecified atom stereocenters. The molecular formula is C12H12Cl2N2. The standard InChI is InChI=1S/C12H12Cl2N2/c13-10-6-4-8-3-5-9(2-1-7-15)16-12(8)11(10)14/h3-6H,1-2,7,15H2. The molecule has 0 atom stereocenters. The summed E-state index contributed by atoms with van der Waals surface area (Å²) in [6, 6.07) is 7.72. The number of fused-ring (bicyclic) bond motifs is 1. The fraction of sp³-hybridized carbons (Fsp3) is 0.250. The molecule has 0 spiro atoms. The van der Waals surface area contributed by atoms with Gasteiger partial charge in [-0.3, -0.25) is 4.98 Å². The van der Waals surface area contributed by atoms with Crippen LogP contribution in [-0.2, 0) is 6.42 Å². The van der Waals surface area contributed by atoms with Gasteiger partial charge in [-0.2, -0.15) is 0 Å². The molecule has 0 aliphatic heterocycles. The number of nitrogens with zero attached hydrogens (tertiary/aromatic N) is 1. The van der Waals surface area contributed by atoms with Crippen LogP contribution in [0, 0.1) is 0 Å². The smallest absolute Gasteiger partial charge is 0.0906 e. The number of pyridine rings is 1. The van der Waals surface area contributed by atoms with E-state index in [4.69, 9.17) is 28.9 Å². The molecule has 0 saturated heterocycles. The van der Waals surface area contributed by atoms with Crippen LogP contribution >= 0.6 is 23.2 Å². The molecule has 0 saturated carbocycles. The molecule has 0 amide bonds. The third-order valence-corrected chi connectivity index (χ3v) is 3.24. The van der Waals surface area contributed by atoms with Crippen molar-refractivity contribution in [3.05, 3.63) is 40.0 Å². The lowest BCUT2D eigenvalue weighted by atomic mass is 10.1. The molecule has 0 aliphatic carbocycles. The van der Waals surface area contributed by atoms with Gasteiger partial charge in [0.25, 0.3) is 0 Å². The first kappa shape index (κ1) is 11.6. The van der Waals surface area contributed by atoms with E-state index in [1.165, 1.54) is 0 Å². The largest absolute Gasteiger partial charge is 0.330 e. The van der Waals surface area contributed by atoms with Crippen molar-refractivity contribution < 1.29 is 0 Å². The lowest BCUT2D eigenvalue weighted by molar-refractivity contribution is 0.814. The number of benzene rings is 1. The summed E-state index contributed by atoms with van der Waals surface area (Å²) < 4.78 is 0. The molecule has 16 heavy (non-hydrogen) atoms. The lowest BCUT2D eigenvalue weighted by Crippen LogP contribution is -2.01. The van der Waals surface area contributed by atoms with E-state index in [1.54, 1.807) is 6.07 Å². The minimum atomic E-state index is 0.522. The second kappa shape index (κ2) is 5.00. The Hall–Kier alpha value is -0.830. The molecule has 4 heteroatoms. The number of halogens is 2. The Kier molecular flexibility index (Phi) is 3.64. The number of rotatable bonds is 3. The zero-order valence-electron chi connectivity index (χ0n) is 8.71. The van der Waals surface area contributed by atoms with Crippen molar-refractivity contribution in [2.24, 2.45) is 5.73 Å². The Bertz CT molecular complexity index is 512. The zero-order valence-corrected chi connectivity index (χ0v) is 10.2. The maximum Gasteiger partial charge on any atom is 0.0906 e. The maximum atomic E-state index is 6.11. The van der Waals surface area contributed by atoms with Gasteiger partial charge in [0.2, 0.25) is 0 Å². The van der Waals surface area contributed by atoms with Gasteiger partial charge in [0.05, 0.1) is 15.6 Å². The minimum absolute atomic E-state index is 0.522. The molecule has 2 nitrogen and oxygen atoms in total. The van der Waals surface area contributed by atoms with Gasteiger partial charge in [-0.25, -0.2) is 0 Å². The van der Waals surface area contributed by atoms with Crippen LogP contribution in [-0.4, -0.2) is 11.5 Å². The number of hydrogen-bond acceptors (Lipinski definition) is 2. The molecule has 1 aromatic carbocycles. The highest BCUT2D eigenvalue weighted by Crippen LogP contribution is 2.29. The van der Waals surface area contributed by atoms with Crippen molar-refractivity contribution in [2.75, 3.05) is 6.54 Å². The molecule has 0 aliphatic rings. The first-order chi connectivity index (χ1) is 7.72. The molecule has 1 aromatic heterocycles. The van der Waals surface area contributed by atoms with Gasteiger partial charge >= 0.3 is 0 Å². The summed E-state index contributed by atoms with van der Waals surface area (Å²) in [6.45, 7) is 0.670. The molecule has 2 N–H and O–H groups in total. The second-order valence-electron chi connectivity index (χ2n) is 3.63. The Labute approximate surface area is 104 Å². The SMILES string of the molecule is NCCCc1ccc2ccc(Cl)c(Cl)c2n1. The summed E-state index contributed by atoms with van der Waals surface area (Å²) in [4.78, 5) is 4.50. The second-order valence-corrected chi connectivity index (χ2v) is 4.41. The molecule has 2 rings (SSSR count). The monoisotopic (exact) mass is 254 g/mol. The van der Waals surface area contributed by atoms with Crippen LogP contribution < -0.4 is 5.73 Å². The molecule has 0 fully saturated rings. The van der Waals surface area contributed by atoms with Crippen molar-refractivity contribution in [2.45, 2.75) is 12.8 Å². The summed E-state index contributed by atoms with van der Waals surface area (Å²) >= 11 is 12.1. The van der Waals surface area contributed by atoms with E-state index in [0.29, 0.717) is 16.6 Å². The van der Waals surface area contributed by atoms with Gasteiger partial charge in [0, 0.05) is 11.1 Å². The highest BCUT2D eigenvalue weighted by atomic mass is 35.5. The molecular weight excluding hydrogens is 243 g/mol. The van der Waals surface area contributed by atoms with Gasteiger partial charge in [-0.05, 0) is 31.5 Å². The summed E-state index contributed by atoms with van der Waals surface area (Å²) in [6.07, 6.45) is 1.80. The first-order valence-electron chi connectivity index (χ1n) is 5.16. The highest BCUT2D eigenvalue weighted by molar-refractivity contribution is 6.44. The van der Waals surface area contributed by atoms with Crippen LogP contribution in [0.1, 0.15) is 12.1 Å². The van der Waals surface area contributed by atoms with Crippen LogP contribution in [0.2, 0.25) is 10.0 Å². The Balaban J connectivity index is 2.47. The summed E-state index contributed by atoms with van der Waals surface area (Å²) in [7, 11) is 0. The van der Waals surface area contributed by atoms with E-state index >= 15 is 0 Å². The average molecular weight is 255 g/mol. The fourth-order valence-electron chi connectivity index (χ4n) is 1.59. The van der Waals surface area contributed by atoms with Gasteiger partial charge in [-0.1, -0.05) is 35.3 Å². The molecule has 0 bridgehead atoms. The molecule has 84 valence electrons. The summed E-state index contributed by atoms with van der Waals surface area (Å²) in [5.74, 6) is 0. The predicted molar refractivity (Wildman–Crippen MR) is 69.1 cm³/mol. The average Bonchev–Trinajstić information content (AvgIpc) is 2.31. The van der Waals surface area contributed by atoms with E-state index in [-0.39, 0.29) is 0 Å². The van der Waals surface area contributed by atoms with Crippen LogP contribution in [0.3, 0.4) is 0 Å². The van der Waals surface area contributed by atoms with Crippen molar-refractivity contribution in [1.29, 1.82) is 0 Å². The number of nitrogens with two attached hydrogens (primary N) is 1. The van der Waals surface area contributed by atoms with E-state index in [0.717, 1.165) is 29.4 Å². The van der Waals surface area contributed by atoms with Crippen LogP contribution in [0.25, 0.3) is 10.9 Å². The fourth-order valence-corrected chi connectivity index (χ4v) is 1.96. The van der Waals surface area contributed by atoms with Crippen molar-refractivity contribution in [3.8, 4) is 0 Å². The molecule has 0 radical (unpaired) electrons. The summed E-state index contributed by atoms with van der Waals surface area (Å²) in [5, 5.41) is 2.07. The normalized spacial score (nSPS) is 10.9. The van der Waals surface area contributed by atoms with Crippen LogP contribution in [0.5, 0.6) is 0 Å². The third kappa shape index (κ3) is 2.29. The number of aryl methyl sites for hydroxylation is 1. The topological polar surface area (TPSA) is 38.9 Å². The Morgan fingerprint density at radius 1 is 1.12 bits per heavy atom. The van der Waals surface area contributed by atoms with Gasteiger partial charge < -0.3 is 5.73 Å². The Morgan fingerprint density at radius 3 is 2.62 bits per heavy atom. The van der Waals surface area contributed by atoms with Crippen LogP contribution in [0.4, 0.5) is 0 Å². The zero-order chi connectivity index (χ0) is 11.5. The van der Waals surface area contributed by atoms with E-state index in [2.05, 4.69) is 4.98 Å². The maximum absolute atomic E-state index is 6.11. The van der Waals surface area contributed by atoms with E-state index in [9.17, 15) is 0 Å². The van der Waals surface area contributed by atoms with Crippen molar-refractivity contribution >= 4 is 34.1 Å². The first-order valence-corrected chi connectivity index (χ1v) is 5.91.